The van der Waals surface area contributed by atoms with Gasteiger partial charge in [0.05, 0.1) is 17.8 Å². The first-order valence-electron chi connectivity index (χ1n) is 9.97. The Hall–Kier alpha value is -2.22. The fraction of sp³-hybridized carbons (Fsp3) is 0.364. The number of benzene rings is 1. The number of fused-ring (bicyclic) bond motifs is 1. The van der Waals surface area contributed by atoms with Gasteiger partial charge in [0, 0.05) is 30.6 Å². The molecule has 1 amide bonds. The summed E-state index contributed by atoms with van der Waals surface area (Å²) < 4.78 is 14.7. The summed E-state index contributed by atoms with van der Waals surface area (Å²) >= 11 is 8.29. The van der Waals surface area contributed by atoms with Gasteiger partial charge >= 0.3 is 0 Å². The van der Waals surface area contributed by atoms with E-state index < -0.39 is 0 Å². The number of amides is 1. The van der Waals surface area contributed by atoms with Gasteiger partial charge < -0.3 is 5.32 Å². The Morgan fingerprint density at radius 1 is 1.33 bits per heavy atom. The molecule has 0 saturated carbocycles. The van der Waals surface area contributed by atoms with E-state index in [9.17, 15) is 9.18 Å². The summed E-state index contributed by atoms with van der Waals surface area (Å²) in [5.74, 6) is -0.512. The van der Waals surface area contributed by atoms with Gasteiger partial charge in [-0.05, 0) is 55.0 Å². The molecule has 0 bridgehead atoms. The minimum atomic E-state index is -0.292. The lowest BCUT2D eigenvalue weighted by Crippen LogP contribution is -2.44. The van der Waals surface area contributed by atoms with Gasteiger partial charge in [0.15, 0.2) is 0 Å². The van der Waals surface area contributed by atoms with Crippen LogP contribution in [0.5, 0.6) is 0 Å². The van der Waals surface area contributed by atoms with E-state index in [0.717, 1.165) is 25.1 Å². The Balaban J connectivity index is 1.38. The van der Waals surface area contributed by atoms with Gasteiger partial charge in [0.1, 0.15) is 11.0 Å². The van der Waals surface area contributed by atoms with E-state index in [1.807, 2.05) is 11.3 Å². The highest BCUT2D eigenvalue weighted by atomic mass is 35.5. The van der Waals surface area contributed by atoms with Crippen LogP contribution in [-0.4, -0.2) is 39.7 Å². The minimum Gasteiger partial charge on any atom is -0.350 e. The van der Waals surface area contributed by atoms with Crippen LogP contribution in [0.15, 0.2) is 35.7 Å². The summed E-state index contributed by atoms with van der Waals surface area (Å²) in [6, 6.07) is 8.57. The molecule has 1 unspecified atom stereocenters. The van der Waals surface area contributed by atoms with Crippen molar-refractivity contribution >= 4 is 28.8 Å². The van der Waals surface area contributed by atoms with Crippen molar-refractivity contribution in [1.82, 2.24) is 20.0 Å². The monoisotopic (exact) mass is 446 g/mol. The number of nitrogens with one attached hydrogen (secondary N) is 1. The number of thiophene rings is 1. The Kier molecular flexibility index (Phi) is 6.22. The second-order valence-corrected chi connectivity index (χ2v) is 9.04. The molecule has 0 aliphatic carbocycles. The number of aromatic nitrogens is 2. The van der Waals surface area contributed by atoms with Crippen molar-refractivity contribution < 1.29 is 9.18 Å². The summed E-state index contributed by atoms with van der Waals surface area (Å²) in [5.41, 5.74) is 3.22. The predicted molar refractivity (Wildman–Crippen MR) is 118 cm³/mol. The standard InChI is InChI=1S/C22H24ClFN4OS/c1-14(27-9-7-19-17(13-27)8-10-30-19)11-25-22(29)20-15(2)26-28(21(20)23)12-16-3-5-18(24)6-4-16/h3-6,8,10,14H,7,9,11-13H2,1-2H3,(H,25,29). The third kappa shape index (κ3) is 4.43. The maximum atomic E-state index is 13.1. The second kappa shape index (κ2) is 8.88. The normalized spacial score (nSPS) is 15.1. The lowest BCUT2D eigenvalue weighted by atomic mass is 10.1. The number of nitrogens with zero attached hydrogens (tertiary/aromatic N) is 3. The summed E-state index contributed by atoms with van der Waals surface area (Å²) in [4.78, 5) is 16.7. The average molecular weight is 447 g/mol. The lowest BCUT2D eigenvalue weighted by molar-refractivity contribution is 0.0932. The van der Waals surface area contributed by atoms with E-state index in [1.54, 1.807) is 23.7 Å². The minimum absolute atomic E-state index is 0.218. The molecule has 2 aromatic heterocycles. The molecule has 5 nitrogen and oxygen atoms in total. The molecule has 8 heteroatoms. The largest absolute Gasteiger partial charge is 0.350 e. The number of hydrogen-bond donors (Lipinski definition) is 1. The molecule has 30 heavy (non-hydrogen) atoms. The molecule has 4 rings (SSSR count). The van der Waals surface area contributed by atoms with Gasteiger partial charge in [-0.3, -0.25) is 9.69 Å². The lowest BCUT2D eigenvalue weighted by Gasteiger charge is -2.32. The first kappa shape index (κ1) is 21.0. The van der Waals surface area contributed by atoms with E-state index in [4.69, 9.17) is 11.6 Å². The third-order valence-corrected chi connectivity index (χ3v) is 6.96. The summed E-state index contributed by atoms with van der Waals surface area (Å²) in [7, 11) is 0. The number of carbonyl (C=O) groups excluding carboxylic acids is 1. The topological polar surface area (TPSA) is 50.2 Å². The molecule has 0 fully saturated rings. The summed E-state index contributed by atoms with van der Waals surface area (Å²) in [6.07, 6.45) is 1.06. The fourth-order valence-electron chi connectivity index (χ4n) is 3.78. The van der Waals surface area contributed by atoms with Crippen molar-refractivity contribution in [2.24, 2.45) is 0 Å². The van der Waals surface area contributed by atoms with Gasteiger partial charge in [0.2, 0.25) is 0 Å². The zero-order chi connectivity index (χ0) is 21.3. The smallest absolute Gasteiger partial charge is 0.256 e. The molecule has 0 saturated heterocycles. The molecular formula is C22H24ClFN4OS. The Morgan fingerprint density at radius 3 is 2.87 bits per heavy atom. The number of carbonyl (C=O) groups is 1. The Bertz CT molecular complexity index is 1050. The van der Waals surface area contributed by atoms with Crippen molar-refractivity contribution in [2.45, 2.75) is 39.4 Å². The first-order valence-corrected chi connectivity index (χ1v) is 11.2. The van der Waals surface area contributed by atoms with Crippen molar-refractivity contribution in [3.63, 3.8) is 0 Å². The van der Waals surface area contributed by atoms with Crippen molar-refractivity contribution in [3.8, 4) is 0 Å². The van der Waals surface area contributed by atoms with Gasteiger partial charge in [-0.2, -0.15) is 5.10 Å². The van der Waals surface area contributed by atoms with Gasteiger partial charge in [0.25, 0.3) is 5.91 Å². The SMILES string of the molecule is Cc1nn(Cc2ccc(F)cc2)c(Cl)c1C(=O)NCC(C)N1CCc2sccc2C1. The zero-order valence-electron chi connectivity index (χ0n) is 17.0. The van der Waals surface area contributed by atoms with E-state index in [-0.39, 0.29) is 17.8 Å². The second-order valence-electron chi connectivity index (χ2n) is 7.68. The molecule has 1 aliphatic heterocycles. The average Bonchev–Trinajstić information content (AvgIpc) is 3.31. The molecule has 1 N–H and O–H groups in total. The number of rotatable bonds is 6. The highest BCUT2D eigenvalue weighted by Gasteiger charge is 2.24. The van der Waals surface area contributed by atoms with Crippen LogP contribution in [-0.2, 0) is 19.5 Å². The van der Waals surface area contributed by atoms with Gasteiger partial charge in [-0.25, -0.2) is 9.07 Å². The maximum absolute atomic E-state index is 13.1. The van der Waals surface area contributed by atoms with Crippen LogP contribution in [0.25, 0.3) is 0 Å². The third-order valence-electron chi connectivity index (χ3n) is 5.56. The summed E-state index contributed by atoms with van der Waals surface area (Å²) in [5, 5.41) is 9.86. The van der Waals surface area contributed by atoms with Gasteiger partial charge in [-0.1, -0.05) is 23.7 Å². The molecule has 3 aromatic rings. The number of aryl methyl sites for hydroxylation is 1. The van der Waals surface area contributed by atoms with E-state index in [1.165, 1.54) is 22.6 Å². The molecule has 158 valence electrons. The number of halogens is 2. The maximum Gasteiger partial charge on any atom is 0.256 e. The van der Waals surface area contributed by atoms with Crippen LogP contribution >= 0.6 is 22.9 Å². The Morgan fingerprint density at radius 2 is 2.10 bits per heavy atom. The molecule has 0 spiro atoms. The predicted octanol–water partition coefficient (Wildman–Crippen LogP) is 4.27. The Labute approximate surface area is 184 Å². The van der Waals surface area contributed by atoms with Crippen molar-refractivity contribution in [2.75, 3.05) is 13.1 Å². The first-order chi connectivity index (χ1) is 14.4. The zero-order valence-corrected chi connectivity index (χ0v) is 18.6. The highest BCUT2D eigenvalue weighted by Crippen LogP contribution is 2.25. The molecular weight excluding hydrogens is 423 g/mol. The van der Waals surface area contributed by atoms with Crippen LogP contribution in [0.1, 0.15) is 39.0 Å². The molecule has 1 aliphatic rings. The molecule has 3 heterocycles. The van der Waals surface area contributed by atoms with Crippen molar-refractivity contribution in [1.29, 1.82) is 0 Å². The fourth-order valence-corrected chi connectivity index (χ4v) is 4.99. The molecule has 0 radical (unpaired) electrons. The quantitative estimate of drug-likeness (QED) is 0.615. The number of hydrogen-bond acceptors (Lipinski definition) is 4. The van der Waals surface area contributed by atoms with Crippen molar-refractivity contribution in [3.05, 3.63) is 73.9 Å². The van der Waals surface area contributed by atoms with E-state index in [0.29, 0.717) is 29.5 Å². The van der Waals surface area contributed by atoms with Crippen LogP contribution in [0.3, 0.4) is 0 Å². The van der Waals surface area contributed by atoms with E-state index >= 15 is 0 Å². The van der Waals surface area contributed by atoms with Crippen LogP contribution < -0.4 is 5.32 Å². The molecule has 1 aromatic carbocycles. The van der Waals surface area contributed by atoms with Gasteiger partial charge in [-0.15, -0.1) is 11.3 Å². The summed E-state index contributed by atoms with van der Waals surface area (Å²) in [6.45, 7) is 6.74. The van der Waals surface area contributed by atoms with Crippen LogP contribution in [0, 0.1) is 12.7 Å². The molecule has 1 atom stereocenters. The highest BCUT2D eigenvalue weighted by molar-refractivity contribution is 7.10. The van der Waals surface area contributed by atoms with Crippen LogP contribution in [0.2, 0.25) is 5.15 Å². The van der Waals surface area contributed by atoms with E-state index in [2.05, 4.69) is 33.7 Å². The van der Waals surface area contributed by atoms with Crippen LogP contribution in [0.4, 0.5) is 4.39 Å².